The van der Waals surface area contributed by atoms with Crippen molar-refractivity contribution in [2.45, 2.75) is 38.6 Å². The molecule has 0 aliphatic carbocycles. The van der Waals surface area contributed by atoms with Crippen molar-refractivity contribution in [3.63, 3.8) is 0 Å². The lowest BCUT2D eigenvalue weighted by Gasteiger charge is -2.38. The zero-order valence-electron chi connectivity index (χ0n) is 21.8. The third kappa shape index (κ3) is 4.14. The van der Waals surface area contributed by atoms with E-state index in [0.29, 0.717) is 54.8 Å². The van der Waals surface area contributed by atoms with Crippen LogP contribution in [0.5, 0.6) is 5.75 Å². The molecule has 4 aromatic rings. The highest BCUT2D eigenvalue weighted by atomic mass is 79.9. The molecule has 0 radical (unpaired) electrons. The van der Waals surface area contributed by atoms with Crippen LogP contribution in [0, 0.1) is 0 Å². The third-order valence-corrected chi connectivity index (χ3v) is 8.45. The van der Waals surface area contributed by atoms with Gasteiger partial charge in [0.1, 0.15) is 17.0 Å². The molecule has 2 aromatic carbocycles. The van der Waals surface area contributed by atoms with Crippen molar-refractivity contribution < 1.29 is 14.7 Å². The smallest absolute Gasteiger partial charge is 0.256 e. The van der Waals surface area contributed by atoms with Crippen LogP contribution in [-0.2, 0) is 17.6 Å². The first-order chi connectivity index (χ1) is 18.8. The van der Waals surface area contributed by atoms with Gasteiger partial charge in [-0.15, -0.1) is 0 Å². The molecule has 0 spiro atoms. The van der Waals surface area contributed by atoms with Crippen molar-refractivity contribution in [1.29, 1.82) is 0 Å². The highest BCUT2D eigenvalue weighted by Gasteiger charge is 2.40. The van der Waals surface area contributed by atoms with Crippen LogP contribution < -0.4 is 0 Å². The fraction of sp³-hybridized carbons (Fsp3) is 0.310. The number of carbonyl (C=O) groups excluding carboxylic acids is 2. The number of hydrogen-bond acceptors (Lipinski definition) is 5. The summed E-state index contributed by atoms with van der Waals surface area (Å²) in [5.41, 5.74) is 6.30. The summed E-state index contributed by atoms with van der Waals surface area (Å²) in [6.07, 6.45) is 4.00. The average molecular weight is 589 g/mol. The van der Waals surface area contributed by atoms with Gasteiger partial charge in [-0.25, -0.2) is 9.67 Å². The minimum Gasteiger partial charge on any atom is -0.506 e. The molecule has 0 saturated carbocycles. The Hall–Kier alpha value is -3.92. The molecule has 2 N–H and O–H groups in total. The van der Waals surface area contributed by atoms with E-state index >= 15 is 0 Å². The van der Waals surface area contributed by atoms with Gasteiger partial charge in [0.2, 0.25) is 5.91 Å². The van der Waals surface area contributed by atoms with Crippen molar-refractivity contribution in [2.75, 3.05) is 19.6 Å². The zero-order chi connectivity index (χ0) is 27.4. The molecule has 2 amide bonds. The Morgan fingerprint density at radius 1 is 1.21 bits per heavy atom. The Labute approximate surface area is 234 Å². The number of hydrogen-bond donors (Lipinski definition) is 2. The zero-order valence-corrected chi connectivity index (χ0v) is 23.4. The first-order valence-corrected chi connectivity index (χ1v) is 13.9. The molecule has 4 heterocycles. The van der Waals surface area contributed by atoms with E-state index in [1.807, 2.05) is 27.8 Å². The van der Waals surface area contributed by atoms with Gasteiger partial charge in [0.25, 0.3) is 5.91 Å². The lowest BCUT2D eigenvalue weighted by Crippen LogP contribution is -2.45. The predicted molar refractivity (Wildman–Crippen MR) is 151 cm³/mol. The summed E-state index contributed by atoms with van der Waals surface area (Å²) in [6.45, 7) is 9.09. The SMILES string of the molecule is C=CC(=O)N1CCc2nn(-c3ccc(C(C)C)cc3O)c3c2C(C1)N(C(=O)c1ccc(Br)c2nc[nH]c12)CC3. The van der Waals surface area contributed by atoms with Crippen LogP contribution in [0.1, 0.15) is 58.7 Å². The standard InChI is InChI=1S/C29H29BrN6O3/c1-4-25(38)34-11-9-20-26-22(36(33-20)21-8-5-17(16(2)3)13-24(21)37)10-12-35(23(26)14-34)29(39)18-6-7-19(30)28-27(18)31-15-32-28/h4-8,13,15-16,23,37H,1,9-12,14H2,2-3H3,(H,31,32). The molecule has 39 heavy (non-hydrogen) atoms. The van der Waals surface area contributed by atoms with Crippen LogP contribution in [0.2, 0.25) is 0 Å². The average Bonchev–Trinajstić information content (AvgIpc) is 3.51. The first kappa shape index (κ1) is 25.4. The van der Waals surface area contributed by atoms with Gasteiger partial charge in [0.15, 0.2) is 0 Å². The van der Waals surface area contributed by atoms with Crippen LogP contribution in [0.3, 0.4) is 0 Å². The molecule has 1 atom stereocenters. The summed E-state index contributed by atoms with van der Waals surface area (Å²) in [5.74, 6) is 0.150. The molecule has 200 valence electrons. The van der Waals surface area contributed by atoms with Gasteiger partial charge in [0, 0.05) is 42.5 Å². The number of H-pyrrole nitrogens is 1. The highest BCUT2D eigenvalue weighted by Crippen LogP contribution is 2.39. The topological polar surface area (TPSA) is 107 Å². The summed E-state index contributed by atoms with van der Waals surface area (Å²) in [5, 5.41) is 15.9. The minimum atomic E-state index is -0.393. The van der Waals surface area contributed by atoms with E-state index in [4.69, 9.17) is 5.10 Å². The van der Waals surface area contributed by atoms with Crippen molar-refractivity contribution in [3.05, 3.63) is 81.9 Å². The lowest BCUT2D eigenvalue weighted by molar-refractivity contribution is -0.126. The Morgan fingerprint density at radius 2 is 2.03 bits per heavy atom. The molecule has 0 bridgehead atoms. The molecule has 1 unspecified atom stereocenters. The number of nitrogens with zero attached hydrogens (tertiary/aromatic N) is 5. The Morgan fingerprint density at radius 3 is 2.77 bits per heavy atom. The van der Waals surface area contributed by atoms with Crippen LogP contribution in [0.4, 0.5) is 0 Å². The molecule has 10 heteroatoms. The van der Waals surface area contributed by atoms with E-state index in [2.05, 4.69) is 46.3 Å². The number of halogens is 1. The first-order valence-electron chi connectivity index (χ1n) is 13.1. The normalized spacial score (nSPS) is 16.9. The van der Waals surface area contributed by atoms with Crippen molar-refractivity contribution >= 4 is 38.8 Å². The van der Waals surface area contributed by atoms with Crippen LogP contribution in [0.15, 0.2) is 53.8 Å². The van der Waals surface area contributed by atoms with E-state index in [-0.39, 0.29) is 23.5 Å². The van der Waals surface area contributed by atoms with E-state index < -0.39 is 6.04 Å². The number of phenols is 1. The van der Waals surface area contributed by atoms with Gasteiger partial charge >= 0.3 is 0 Å². The van der Waals surface area contributed by atoms with Gasteiger partial charge in [-0.2, -0.15) is 5.10 Å². The molecule has 2 aliphatic rings. The second-order valence-corrected chi connectivity index (χ2v) is 11.2. The summed E-state index contributed by atoms with van der Waals surface area (Å²) in [4.78, 5) is 37.9. The minimum absolute atomic E-state index is 0.136. The Kier molecular flexibility index (Phi) is 6.29. The van der Waals surface area contributed by atoms with E-state index in [1.54, 1.807) is 23.4 Å². The van der Waals surface area contributed by atoms with Crippen LogP contribution in [0.25, 0.3) is 16.7 Å². The predicted octanol–water partition coefficient (Wildman–Crippen LogP) is 4.65. The van der Waals surface area contributed by atoms with Crippen molar-refractivity contribution in [1.82, 2.24) is 29.5 Å². The number of benzene rings is 2. The summed E-state index contributed by atoms with van der Waals surface area (Å²) in [7, 11) is 0. The second-order valence-electron chi connectivity index (χ2n) is 10.3. The fourth-order valence-corrected chi connectivity index (χ4v) is 6.21. The molecule has 9 nitrogen and oxygen atoms in total. The number of aromatic amines is 1. The Bertz CT molecular complexity index is 1640. The summed E-state index contributed by atoms with van der Waals surface area (Å²) >= 11 is 3.51. The summed E-state index contributed by atoms with van der Waals surface area (Å²) < 4.78 is 2.64. The number of fused-ring (bicyclic) bond motifs is 1. The van der Waals surface area contributed by atoms with Gasteiger partial charge < -0.3 is 19.9 Å². The molecular weight excluding hydrogens is 560 g/mol. The molecule has 6 rings (SSSR count). The Balaban J connectivity index is 1.46. The van der Waals surface area contributed by atoms with E-state index in [1.165, 1.54) is 6.08 Å². The monoisotopic (exact) mass is 588 g/mol. The summed E-state index contributed by atoms with van der Waals surface area (Å²) in [6, 6.07) is 8.95. The number of nitrogens with one attached hydrogen (secondary N) is 1. The van der Waals surface area contributed by atoms with Crippen LogP contribution in [-0.4, -0.2) is 66.1 Å². The highest BCUT2D eigenvalue weighted by molar-refractivity contribution is 9.10. The number of aromatic hydroxyl groups is 1. The van der Waals surface area contributed by atoms with Gasteiger partial charge in [-0.1, -0.05) is 26.5 Å². The number of amides is 2. The largest absolute Gasteiger partial charge is 0.506 e. The molecule has 0 saturated heterocycles. The van der Waals surface area contributed by atoms with Gasteiger partial charge in [-0.3, -0.25) is 9.59 Å². The number of phenolic OH excluding ortho intramolecular Hbond substituents is 1. The van der Waals surface area contributed by atoms with Crippen molar-refractivity contribution in [2.24, 2.45) is 0 Å². The maximum Gasteiger partial charge on any atom is 0.256 e. The molecule has 2 aliphatic heterocycles. The van der Waals surface area contributed by atoms with Gasteiger partial charge in [-0.05, 0) is 57.8 Å². The van der Waals surface area contributed by atoms with E-state index in [0.717, 1.165) is 27.0 Å². The second kappa shape index (κ2) is 9.68. The fourth-order valence-electron chi connectivity index (χ4n) is 5.78. The van der Waals surface area contributed by atoms with E-state index in [9.17, 15) is 14.7 Å². The van der Waals surface area contributed by atoms with Crippen molar-refractivity contribution in [3.8, 4) is 11.4 Å². The van der Waals surface area contributed by atoms with Crippen LogP contribution >= 0.6 is 15.9 Å². The molecular formula is C29H29BrN6O3. The maximum absolute atomic E-state index is 14.1. The lowest BCUT2D eigenvalue weighted by atomic mass is 9.94. The number of imidazole rings is 1. The quantitative estimate of drug-likeness (QED) is 0.337. The molecule has 2 aromatic heterocycles. The van der Waals surface area contributed by atoms with Gasteiger partial charge in [0.05, 0.1) is 34.8 Å². The number of aromatic nitrogens is 4. The number of rotatable bonds is 4. The molecule has 0 fully saturated rings. The number of carbonyl (C=O) groups is 2. The maximum atomic E-state index is 14.1. The third-order valence-electron chi connectivity index (χ3n) is 7.81.